The summed E-state index contributed by atoms with van der Waals surface area (Å²) in [6.45, 7) is 1.97. The molecule has 0 saturated heterocycles. The molecule has 0 radical (unpaired) electrons. The average Bonchev–Trinajstić information content (AvgIpc) is 2.42. The van der Waals surface area contributed by atoms with Crippen LogP contribution < -0.4 is 5.32 Å². The van der Waals surface area contributed by atoms with Crippen LogP contribution in [-0.4, -0.2) is 5.91 Å². The molecule has 0 aromatic heterocycles. The van der Waals surface area contributed by atoms with Gasteiger partial charge in [0.05, 0.1) is 17.3 Å². The molecular formula is C15H10Br2N2O. The van der Waals surface area contributed by atoms with Crippen LogP contribution in [0.4, 0.5) is 5.69 Å². The van der Waals surface area contributed by atoms with Crippen LogP contribution in [-0.2, 0) is 0 Å². The lowest BCUT2D eigenvalue weighted by atomic mass is 10.1. The molecule has 0 aliphatic carbocycles. The summed E-state index contributed by atoms with van der Waals surface area (Å²) in [5.41, 5.74) is 2.65. The predicted octanol–water partition coefficient (Wildman–Crippen LogP) is 4.64. The molecule has 0 bridgehead atoms. The minimum atomic E-state index is -0.257. The number of rotatable bonds is 2. The zero-order chi connectivity index (χ0) is 14.7. The first-order valence-electron chi connectivity index (χ1n) is 5.78. The highest BCUT2D eigenvalue weighted by molar-refractivity contribution is 9.11. The normalized spacial score (nSPS) is 9.90. The Labute approximate surface area is 133 Å². The quantitative estimate of drug-likeness (QED) is 0.807. The average molecular weight is 394 g/mol. The molecule has 0 saturated carbocycles. The van der Waals surface area contributed by atoms with Gasteiger partial charge in [-0.2, -0.15) is 5.26 Å². The van der Waals surface area contributed by atoms with Gasteiger partial charge in [0, 0.05) is 14.5 Å². The first kappa shape index (κ1) is 14.8. The molecule has 0 heterocycles. The Morgan fingerprint density at radius 2 is 1.85 bits per heavy atom. The van der Waals surface area contributed by atoms with Gasteiger partial charge in [-0.3, -0.25) is 4.79 Å². The van der Waals surface area contributed by atoms with Gasteiger partial charge in [-0.25, -0.2) is 0 Å². The van der Waals surface area contributed by atoms with Gasteiger partial charge in [0.25, 0.3) is 5.91 Å². The summed E-state index contributed by atoms with van der Waals surface area (Å²) in [5, 5.41) is 11.7. The van der Waals surface area contributed by atoms with Gasteiger partial charge < -0.3 is 5.32 Å². The van der Waals surface area contributed by atoms with Crippen molar-refractivity contribution in [1.29, 1.82) is 5.26 Å². The Balaban J connectivity index is 2.31. The smallest absolute Gasteiger partial charge is 0.255 e. The molecule has 0 unspecified atom stereocenters. The van der Waals surface area contributed by atoms with Gasteiger partial charge in [0.2, 0.25) is 0 Å². The molecule has 1 amide bonds. The van der Waals surface area contributed by atoms with Crippen LogP contribution >= 0.6 is 31.9 Å². The zero-order valence-corrected chi connectivity index (χ0v) is 13.7. The lowest BCUT2D eigenvalue weighted by Gasteiger charge is -2.11. The van der Waals surface area contributed by atoms with E-state index in [9.17, 15) is 4.79 Å². The number of carbonyl (C=O) groups is 1. The molecule has 100 valence electrons. The fourth-order valence-corrected chi connectivity index (χ4v) is 3.35. The Kier molecular flexibility index (Phi) is 4.58. The first-order chi connectivity index (χ1) is 9.51. The van der Waals surface area contributed by atoms with E-state index in [0.717, 1.165) is 14.5 Å². The Morgan fingerprint density at radius 1 is 1.20 bits per heavy atom. The van der Waals surface area contributed by atoms with E-state index in [1.54, 1.807) is 24.3 Å². The Hall–Kier alpha value is -1.64. The number of hydrogen-bond donors (Lipinski definition) is 1. The van der Waals surface area contributed by atoms with E-state index < -0.39 is 0 Å². The Morgan fingerprint density at radius 3 is 2.45 bits per heavy atom. The largest absolute Gasteiger partial charge is 0.320 e. The van der Waals surface area contributed by atoms with Crippen LogP contribution in [0.2, 0.25) is 0 Å². The molecule has 0 atom stereocenters. The van der Waals surface area contributed by atoms with Gasteiger partial charge in [0.15, 0.2) is 0 Å². The van der Waals surface area contributed by atoms with E-state index in [0.29, 0.717) is 16.8 Å². The van der Waals surface area contributed by atoms with Gasteiger partial charge in [-0.1, -0.05) is 6.07 Å². The molecule has 3 nitrogen and oxygen atoms in total. The topological polar surface area (TPSA) is 52.9 Å². The summed E-state index contributed by atoms with van der Waals surface area (Å²) in [5.74, 6) is -0.257. The van der Waals surface area contributed by atoms with E-state index in [1.807, 2.05) is 25.1 Å². The molecule has 5 heteroatoms. The highest BCUT2D eigenvalue weighted by Crippen LogP contribution is 2.32. The molecular weight excluding hydrogens is 384 g/mol. The molecule has 2 aromatic rings. The van der Waals surface area contributed by atoms with Gasteiger partial charge in [0.1, 0.15) is 0 Å². The van der Waals surface area contributed by atoms with Crippen molar-refractivity contribution in [2.24, 2.45) is 0 Å². The van der Waals surface area contributed by atoms with Crippen LogP contribution in [0.3, 0.4) is 0 Å². The fourth-order valence-electron chi connectivity index (χ4n) is 1.73. The second-order valence-corrected chi connectivity index (χ2v) is 5.96. The van der Waals surface area contributed by atoms with E-state index in [4.69, 9.17) is 5.26 Å². The number of amides is 1. The highest BCUT2D eigenvalue weighted by atomic mass is 79.9. The van der Waals surface area contributed by atoms with Crippen molar-refractivity contribution in [2.45, 2.75) is 6.92 Å². The summed E-state index contributed by atoms with van der Waals surface area (Å²) >= 11 is 6.86. The number of benzene rings is 2. The van der Waals surface area contributed by atoms with Crippen molar-refractivity contribution in [2.75, 3.05) is 5.32 Å². The van der Waals surface area contributed by atoms with Crippen LogP contribution in [0.5, 0.6) is 0 Å². The summed E-state index contributed by atoms with van der Waals surface area (Å²) in [7, 11) is 0. The lowest BCUT2D eigenvalue weighted by Crippen LogP contribution is -2.13. The standard InChI is InChI=1S/C15H10Br2N2O/c1-9-5-12(16)14(13(17)6-9)19-15(20)11-4-2-3-10(7-11)8-18/h2-7H,1H3,(H,19,20). The number of anilines is 1. The van der Waals surface area contributed by atoms with Crippen molar-refractivity contribution >= 4 is 43.5 Å². The third kappa shape index (κ3) is 3.27. The lowest BCUT2D eigenvalue weighted by molar-refractivity contribution is 0.102. The number of aryl methyl sites for hydroxylation is 1. The minimum Gasteiger partial charge on any atom is -0.320 e. The maximum atomic E-state index is 12.2. The van der Waals surface area contributed by atoms with Crippen LogP contribution in [0.25, 0.3) is 0 Å². The van der Waals surface area contributed by atoms with Crippen molar-refractivity contribution in [1.82, 2.24) is 0 Å². The molecule has 0 aliphatic heterocycles. The predicted molar refractivity (Wildman–Crippen MR) is 85.7 cm³/mol. The number of halogens is 2. The second kappa shape index (κ2) is 6.21. The number of carbonyl (C=O) groups excluding carboxylic acids is 1. The zero-order valence-electron chi connectivity index (χ0n) is 10.6. The molecule has 1 N–H and O–H groups in total. The number of hydrogen-bond acceptors (Lipinski definition) is 2. The van der Waals surface area contributed by atoms with E-state index in [1.165, 1.54) is 0 Å². The summed E-state index contributed by atoms with van der Waals surface area (Å²) in [6.07, 6.45) is 0. The summed E-state index contributed by atoms with van der Waals surface area (Å²) in [6, 6.07) is 12.4. The molecule has 2 rings (SSSR count). The maximum Gasteiger partial charge on any atom is 0.255 e. The van der Waals surface area contributed by atoms with Gasteiger partial charge in [-0.05, 0) is 74.7 Å². The number of nitriles is 1. The third-order valence-electron chi connectivity index (χ3n) is 2.68. The third-order valence-corrected chi connectivity index (χ3v) is 3.93. The van der Waals surface area contributed by atoms with Crippen molar-refractivity contribution in [3.63, 3.8) is 0 Å². The number of nitrogens with zero attached hydrogens (tertiary/aromatic N) is 1. The molecule has 0 spiro atoms. The fraction of sp³-hybridized carbons (Fsp3) is 0.0667. The Bertz CT molecular complexity index is 697. The minimum absolute atomic E-state index is 0.257. The monoisotopic (exact) mass is 392 g/mol. The van der Waals surface area contributed by atoms with E-state index in [-0.39, 0.29) is 5.91 Å². The first-order valence-corrected chi connectivity index (χ1v) is 7.37. The van der Waals surface area contributed by atoms with Gasteiger partial charge in [-0.15, -0.1) is 0 Å². The van der Waals surface area contributed by atoms with Crippen molar-refractivity contribution in [3.05, 3.63) is 62.0 Å². The van der Waals surface area contributed by atoms with Crippen LogP contribution in [0, 0.1) is 18.3 Å². The number of nitrogens with one attached hydrogen (secondary N) is 1. The van der Waals surface area contributed by atoms with E-state index >= 15 is 0 Å². The molecule has 0 fully saturated rings. The molecule has 0 aliphatic rings. The summed E-state index contributed by atoms with van der Waals surface area (Å²) in [4.78, 5) is 12.2. The molecule has 20 heavy (non-hydrogen) atoms. The van der Waals surface area contributed by atoms with Crippen molar-refractivity contribution < 1.29 is 4.79 Å². The van der Waals surface area contributed by atoms with Gasteiger partial charge >= 0.3 is 0 Å². The van der Waals surface area contributed by atoms with Crippen molar-refractivity contribution in [3.8, 4) is 6.07 Å². The SMILES string of the molecule is Cc1cc(Br)c(NC(=O)c2cccc(C#N)c2)c(Br)c1. The summed E-state index contributed by atoms with van der Waals surface area (Å²) < 4.78 is 1.60. The van der Waals surface area contributed by atoms with Crippen LogP contribution in [0.15, 0.2) is 45.3 Å². The highest BCUT2D eigenvalue weighted by Gasteiger charge is 2.12. The molecule has 2 aromatic carbocycles. The second-order valence-electron chi connectivity index (χ2n) is 4.25. The van der Waals surface area contributed by atoms with Crippen LogP contribution in [0.1, 0.15) is 21.5 Å². The maximum absolute atomic E-state index is 12.2. The van der Waals surface area contributed by atoms with E-state index in [2.05, 4.69) is 37.2 Å².